The monoisotopic (exact) mass is 778 g/mol. The molecule has 0 fully saturated rings. The van der Waals surface area contributed by atoms with Crippen LogP contribution in [0.4, 0.5) is 0 Å². The minimum absolute atomic E-state index is 0.0206. The minimum Gasteiger partial charge on any atom is -0.756 e. The summed E-state index contributed by atoms with van der Waals surface area (Å²) in [6.07, 6.45) is 48.0. The molecule has 0 aliphatic carbocycles. The molecule has 2 unspecified atom stereocenters. The van der Waals surface area contributed by atoms with Crippen LogP contribution in [-0.2, 0) is 27.9 Å². The molecule has 0 aliphatic heterocycles. The van der Waals surface area contributed by atoms with E-state index in [4.69, 9.17) is 18.5 Å². The van der Waals surface area contributed by atoms with Crippen LogP contribution in [0.3, 0.4) is 0 Å². The largest absolute Gasteiger partial charge is 0.756 e. The zero-order valence-corrected chi connectivity index (χ0v) is 36.0. The number of ether oxygens (including phenoxy) is 2. The Labute approximate surface area is 332 Å². The van der Waals surface area contributed by atoms with Crippen LogP contribution in [0.5, 0.6) is 0 Å². The minimum atomic E-state index is -4.52. The number of hydrogen-bond acceptors (Lipinski definition) is 7. The lowest BCUT2D eigenvalue weighted by Crippen LogP contribution is -2.37. The molecule has 8 nitrogen and oxygen atoms in total. The third-order valence-electron chi connectivity index (χ3n) is 8.52. The Morgan fingerprint density at radius 1 is 0.593 bits per heavy atom. The van der Waals surface area contributed by atoms with Crippen LogP contribution >= 0.6 is 7.82 Å². The molecule has 0 aliphatic rings. The molecule has 0 rings (SSSR count). The van der Waals surface area contributed by atoms with Gasteiger partial charge < -0.3 is 27.9 Å². The molecule has 9 heteroatoms. The third-order valence-corrected chi connectivity index (χ3v) is 9.49. The number of rotatable bonds is 38. The van der Waals surface area contributed by atoms with Gasteiger partial charge in [-0.05, 0) is 64.2 Å². The van der Waals surface area contributed by atoms with E-state index in [0.29, 0.717) is 24.1 Å². The summed E-state index contributed by atoms with van der Waals surface area (Å²) in [6.45, 7) is 5.18. The van der Waals surface area contributed by atoms with E-state index in [1.807, 2.05) is 21.1 Å². The van der Waals surface area contributed by atoms with Gasteiger partial charge in [0.25, 0.3) is 7.82 Å². The van der Waals surface area contributed by atoms with Crippen molar-refractivity contribution < 1.29 is 37.3 Å². The summed E-state index contributed by atoms with van der Waals surface area (Å²) in [5.41, 5.74) is 0. The summed E-state index contributed by atoms with van der Waals surface area (Å²) in [7, 11) is 1.33. The van der Waals surface area contributed by atoms with E-state index in [9.17, 15) is 14.3 Å². The predicted molar refractivity (Wildman–Crippen MR) is 226 cm³/mol. The van der Waals surface area contributed by atoms with Gasteiger partial charge in [-0.15, -0.1) is 0 Å². The molecule has 0 N–H and O–H groups in total. The zero-order chi connectivity index (χ0) is 39.9. The van der Waals surface area contributed by atoms with Gasteiger partial charge in [0.2, 0.25) is 0 Å². The topological polar surface area (TPSA) is 94.1 Å². The maximum absolute atomic E-state index is 12.5. The maximum Gasteiger partial charge on any atom is 0.306 e. The Morgan fingerprint density at radius 3 is 1.61 bits per heavy atom. The maximum atomic E-state index is 12.5. The van der Waals surface area contributed by atoms with Gasteiger partial charge in [0, 0.05) is 13.0 Å². The highest BCUT2D eigenvalue weighted by atomic mass is 31.2. The fourth-order valence-electron chi connectivity index (χ4n) is 5.25. The van der Waals surface area contributed by atoms with Crippen molar-refractivity contribution >= 4 is 13.8 Å². The van der Waals surface area contributed by atoms with Gasteiger partial charge >= 0.3 is 5.97 Å². The van der Waals surface area contributed by atoms with Crippen LogP contribution in [0, 0.1) is 0 Å². The van der Waals surface area contributed by atoms with E-state index in [-0.39, 0.29) is 25.8 Å². The number of phosphoric acid groups is 1. The van der Waals surface area contributed by atoms with E-state index in [1.165, 1.54) is 44.9 Å². The molecule has 0 aromatic carbocycles. The summed E-state index contributed by atoms with van der Waals surface area (Å²) in [6, 6.07) is 0. The fraction of sp³-hybridized carbons (Fsp3) is 0.711. The molecule has 0 bridgehead atoms. The fourth-order valence-corrected chi connectivity index (χ4v) is 5.98. The first-order valence-electron chi connectivity index (χ1n) is 21.2. The first kappa shape index (κ1) is 51.9. The lowest BCUT2D eigenvalue weighted by molar-refractivity contribution is -0.870. The number of nitrogens with zero attached hydrogens (tertiary/aromatic N) is 1. The van der Waals surface area contributed by atoms with Crippen molar-refractivity contribution in [2.24, 2.45) is 0 Å². The van der Waals surface area contributed by atoms with Gasteiger partial charge in [0.1, 0.15) is 19.3 Å². The summed E-state index contributed by atoms with van der Waals surface area (Å²) in [4.78, 5) is 24.8. The first-order chi connectivity index (χ1) is 26.1. The highest BCUT2D eigenvalue weighted by Gasteiger charge is 2.20. The molecule has 0 saturated heterocycles. The number of unbranched alkanes of at least 4 members (excludes halogenated alkanes) is 12. The van der Waals surface area contributed by atoms with Crippen LogP contribution in [0.25, 0.3) is 0 Å². The normalized spacial score (nSPS) is 14.6. The number of carbonyl (C=O) groups is 1. The summed E-state index contributed by atoms with van der Waals surface area (Å²) < 4.78 is 34.3. The summed E-state index contributed by atoms with van der Waals surface area (Å²) in [5, 5.41) is 0. The van der Waals surface area contributed by atoms with Crippen molar-refractivity contribution in [1.82, 2.24) is 0 Å². The summed E-state index contributed by atoms with van der Waals surface area (Å²) >= 11 is 0. The van der Waals surface area contributed by atoms with Gasteiger partial charge in [-0.25, -0.2) is 0 Å². The Hall–Kier alpha value is -2.06. The Balaban J connectivity index is 4.06. The average Bonchev–Trinajstić information content (AvgIpc) is 3.12. The highest BCUT2D eigenvalue weighted by molar-refractivity contribution is 7.45. The van der Waals surface area contributed by atoms with E-state index in [2.05, 4.69) is 86.8 Å². The molecule has 0 radical (unpaired) electrons. The quantitative estimate of drug-likeness (QED) is 0.0202. The van der Waals surface area contributed by atoms with Crippen molar-refractivity contribution in [3.8, 4) is 0 Å². The second-order valence-electron chi connectivity index (χ2n) is 15.0. The third kappa shape index (κ3) is 41.1. The number of carbonyl (C=O) groups excluding carboxylic acids is 1. The molecular formula is C45H80NO7P. The molecule has 0 aromatic rings. The number of allylic oxidation sites excluding steroid dienone is 12. The van der Waals surface area contributed by atoms with Gasteiger partial charge in [-0.1, -0.05) is 151 Å². The Morgan fingerprint density at radius 2 is 1.07 bits per heavy atom. The van der Waals surface area contributed by atoms with Gasteiger partial charge in [0.05, 0.1) is 34.4 Å². The molecule has 0 aromatic heterocycles. The van der Waals surface area contributed by atoms with E-state index >= 15 is 0 Å². The van der Waals surface area contributed by atoms with Gasteiger partial charge in [-0.2, -0.15) is 0 Å². The smallest absolute Gasteiger partial charge is 0.306 e. The number of phosphoric ester groups is 1. The van der Waals surface area contributed by atoms with Crippen LogP contribution in [0.15, 0.2) is 72.9 Å². The second-order valence-corrected chi connectivity index (χ2v) is 16.4. The Bertz CT molecular complexity index is 1090. The van der Waals surface area contributed by atoms with Crippen molar-refractivity contribution in [1.29, 1.82) is 0 Å². The Kier molecular flexibility index (Phi) is 36.4. The molecule has 0 saturated carbocycles. The van der Waals surface area contributed by atoms with Gasteiger partial charge in [-0.3, -0.25) is 9.36 Å². The highest BCUT2D eigenvalue weighted by Crippen LogP contribution is 2.38. The van der Waals surface area contributed by atoms with E-state index < -0.39 is 13.9 Å². The molecular weight excluding hydrogens is 697 g/mol. The molecule has 312 valence electrons. The van der Waals surface area contributed by atoms with Crippen molar-refractivity contribution in [2.75, 3.05) is 54.1 Å². The van der Waals surface area contributed by atoms with Crippen LogP contribution < -0.4 is 4.89 Å². The number of esters is 1. The van der Waals surface area contributed by atoms with Crippen molar-refractivity contribution in [2.45, 2.75) is 155 Å². The molecule has 2 atom stereocenters. The van der Waals surface area contributed by atoms with Crippen LogP contribution in [-0.4, -0.2) is 70.7 Å². The lowest BCUT2D eigenvalue weighted by atomic mass is 10.1. The standard InChI is InChI=1S/C45H80NO7P/c1-6-8-10-12-14-15-16-17-18-19-20-21-22-23-24-25-26-27-28-29-30-31-32-33-35-37-40-50-42-44(53-45(47)38-36-34-13-11-9-7-2)43-52-54(48,49)51-41-39-46(3,4)5/h8,10,14-15,17-18,20-21,23-24,26-27,44H,6-7,9,11-13,16,19,22,25,28-43H2,1-5H3/b10-8-,15-14-,18-17-,21-20-,24-23-,27-26-. The molecule has 0 amide bonds. The van der Waals surface area contributed by atoms with Gasteiger partial charge in [0.15, 0.2) is 0 Å². The average molecular weight is 778 g/mol. The SMILES string of the molecule is CC/C=C\C/C=C\C/C=C\C/C=C\C/C=C\C/C=C\CCCCCCCCCOCC(COP(=O)([O-])OCC[N+](C)(C)C)OC(=O)CCCCCCCC. The first-order valence-corrected chi connectivity index (χ1v) is 22.6. The van der Waals surface area contributed by atoms with E-state index in [1.54, 1.807) is 0 Å². The second kappa shape index (κ2) is 37.8. The number of likely N-dealkylation sites (N-methyl/N-ethyl adjacent to an activating group) is 1. The predicted octanol–water partition coefficient (Wildman–Crippen LogP) is 11.7. The van der Waals surface area contributed by atoms with E-state index in [0.717, 1.165) is 83.5 Å². The zero-order valence-electron chi connectivity index (χ0n) is 35.1. The lowest BCUT2D eigenvalue weighted by Gasteiger charge is -2.28. The number of quaternary nitrogens is 1. The van der Waals surface area contributed by atoms with Crippen LogP contribution in [0.1, 0.15) is 149 Å². The van der Waals surface area contributed by atoms with Crippen LogP contribution in [0.2, 0.25) is 0 Å². The molecule has 0 heterocycles. The number of hydrogen-bond donors (Lipinski definition) is 0. The van der Waals surface area contributed by atoms with Crippen molar-refractivity contribution in [3.05, 3.63) is 72.9 Å². The van der Waals surface area contributed by atoms with Crippen molar-refractivity contribution in [3.63, 3.8) is 0 Å². The molecule has 54 heavy (non-hydrogen) atoms. The molecule has 0 spiro atoms. The summed E-state index contributed by atoms with van der Waals surface area (Å²) in [5.74, 6) is -0.352.